The molecule has 3 heterocycles. The van der Waals surface area contributed by atoms with Crippen LogP contribution in [-0.2, 0) is 17.2 Å². The van der Waals surface area contributed by atoms with Crippen LogP contribution < -0.4 is 0 Å². The number of thiazole rings is 1. The molecule has 0 spiro atoms. The number of carbonyl (C=O) groups is 1. The fraction of sp³-hybridized carbons (Fsp3) is 0.562. The van der Waals surface area contributed by atoms with Gasteiger partial charge in [-0.2, -0.15) is 5.10 Å². The molecule has 0 aromatic carbocycles. The molecule has 2 aromatic rings. The second-order valence-electron chi connectivity index (χ2n) is 6.83. The molecule has 23 heavy (non-hydrogen) atoms. The predicted molar refractivity (Wildman–Crippen MR) is 88.6 cm³/mol. The zero-order valence-corrected chi connectivity index (χ0v) is 14.8. The summed E-state index contributed by atoms with van der Waals surface area (Å²) in [6.45, 7) is 8.09. The molecule has 0 bridgehead atoms. The molecule has 2 aromatic heterocycles. The van der Waals surface area contributed by atoms with E-state index in [1.54, 1.807) is 28.4 Å². The average molecular weight is 334 g/mol. The van der Waals surface area contributed by atoms with Gasteiger partial charge in [0, 0.05) is 30.6 Å². The molecule has 3 rings (SSSR count). The molecular weight excluding hydrogens is 312 g/mol. The number of morpholine rings is 1. The Labute approximate surface area is 140 Å². The highest BCUT2D eigenvalue weighted by atomic mass is 32.1. The highest BCUT2D eigenvalue weighted by Crippen LogP contribution is 2.30. The van der Waals surface area contributed by atoms with Crippen LogP contribution in [0.1, 0.15) is 47.9 Å². The van der Waals surface area contributed by atoms with Gasteiger partial charge >= 0.3 is 0 Å². The summed E-state index contributed by atoms with van der Waals surface area (Å²) in [4.78, 5) is 19.1. The molecule has 7 heteroatoms. The van der Waals surface area contributed by atoms with Crippen molar-refractivity contribution in [3.8, 4) is 0 Å². The van der Waals surface area contributed by atoms with Gasteiger partial charge in [0.15, 0.2) is 0 Å². The Balaban J connectivity index is 1.73. The zero-order chi connectivity index (χ0) is 16.6. The first-order chi connectivity index (χ1) is 10.8. The molecule has 0 aliphatic carbocycles. The van der Waals surface area contributed by atoms with Crippen molar-refractivity contribution < 1.29 is 9.53 Å². The van der Waals surface area contributed by atoms with Gasteiger partial charge in [0.05, 0.1) is 30.6 Å². The second-order valence-corrected chi connectivity index (χ2v) is 7.72. The van der Waals surface area contributed by atoms with E-state index < -0.39 is 0 Å². The summed E-state index contributed by atoms with van der Waals surface area (Å²) in [6, 6.07) is 0. The zero-order valence-electron chi connectivity index (χ0n) is 13.9. The Morgan fingerprint density at radius 3 is 2.83 bits per heavy atom. The van der Waals surface area contributed by atoms with Crippen molar-refractivity contribution in [1.29, 1.82) is 0 Å². The van der Waals surface area contributed by atoms with Gasteiger partial charge in [-0.25, -0.2) is 4.98 Å². The lowest BCUT2D eigenvalue weighted by atomic mass is 9.93. The monoisotopic (exact) mass is 334 g/mol. The van der Waals surface area contributed by atoms with E-state index in [0.29, 0.717) is 25.3 Å². The number of carbonyl (C=O) groups excluding carboxylic acids is 1. The first-order valence-corrected chi connectivity index (χ1v) is 8.58. The number of hydrogen-bond acceptors (Lipinski definition) is 5. The Morgan fingerprint density at radius 2 is 2.22 bits per heavy atom. The molecule has 0 unspecified atom stereocenters. The van der Waals surface area contributed by atoms with Crippen molar-refractivity contribution in [2.75, 3.05) is 19.7 Å². The minimum atomic E-state index is -0.148. The number of hydrogen-bond donors (Lipinski definition) is 0. The molecular formula is C16H22N4O2S. The van der Waals surface area contributed by atoms with Crippen LogP contribution in [-0.4, -0.2) is 45.3 Å². The topological polar surface area (TPSA) is 60.2 Å². The lowest BCUT2D eigenvalue weighted by Gasteiger charge is -2.31. The van der Waals surface area contributed by atoms with E-state index in [4.69, 9.17) is 9.72 Å². The molecule has 1 atom stereocenters. The van der Waals surface area contributed by atoms with Crippen molar-refractivity contribution in [1.82, 2.24) is 19.7 Å². The van der Waals surface area contributed by atoms with E-state index in [9.17, 15) is 4.79 Å². The Hall–Kier alpha value is -1.73. The third-order valence-corrected chi connectivity index (χ3v) is 4.81. The highest BCUT2D eigenvalue weighted by Gasteiger charge is 2.29. The summed E-state index contributed by atoms with van der Waals surface area (Å²) in [7, 11) is 1.81. The maximum atomic E-state index is 12.6. The standard InChI is InChI=1S/C16H22N4O2S/c1-16(2,3)13-10-23-14(18-13)12-9-20(5-6-22-12)15(21)11-7-17-19(4)8-11/h7-8,10,12H,5-6,9H2,1-4H3/t12-/m1/s1. The van der Waals surface area contributed by atoms with Gasteiger partial charge in [-0.05, 0) is 0 Å². The van der Waals surface area contributed by atoms with Gasteiger partial charge in [0.25, 0.3) is 5.91 Å². The largest absolute Gasteiger partial charge is 0.367 e. The van der Waals surface area contributed by atoms with Crippen LogP contribution in [0.3, 0.4) is 0 Å². The predicted octanol–water partition coefficient (Wildman–Crippen LogP) is 2.39. The van der Waals surface area contributed by atoms with Crippen molar-refractivity contribution in [3.05, 3.63) is 34.0 Å². The summed E-state index contributed by atoms with van der Waals surface area (Å²) in [5, 5.41) is 7.09. The van der Waals surface area contributed by atoms with Crippen LogP contribution in [0.15, 0.2) is 17.8 Å². The number of nitrogens with zero attached hydrogens (tertiary/aromatic N) is 4. The van der Waals surface area contributed by atoms with Crippen LogP contribution >= 0.6 is 11.3 Å². The minimum absolute atomic E-state index is 0.000925. The van der Waals surface area contributed by atoms with Crippen molar-refractivity contribution in [3.63, 3.8) is 0 Å². The van der Waals surface area contributed by atoms with E-state index in [1.807, 2.05) is 11.9 Å². The molecule has 0 N–H and O–H groups in total. The quantitative estimate of drug-likeness (QED) is 0.846. The third-order valence-electron chi connectivity index (χ3n) is 3.87. The average Bonchev–Trinajstić information content (AvgIpc) is 3.15. The van der Waals surface area contributed by atoms with Crippen LogP contribution in [0.4, 0.5) is 0 Å². The molecule has 1 amide bonds. The Bertz CT molecular complexity index is 701. The lowest BCUT2D eigenvalue weighted by Crippen LogP contribution is -2.42. The molecule has 1 fully saturated rings. The number of aromatic nitrogens is 3. The van der Waals surface area contributed by atoms with E-state index in [-0.39, 0.29) is 17.4 Å². The van der Waals surface area contributed by atoms with E-state index in [2.05, 4.69) is 31.2 Å². The number of amides is 1. The van der Waals surface area contributed by atoms with Crippen molar-refractivity contribution >= 4 is 17.2 Å². The summed E-state index contributed by atoms with van der Waals surface area (Å²) >= 11 is 1.61. The van der Waals surface area contributed by atoms with Gasteiger partial charge in [0.1, 0.15) is 11.1 Å². The van der Waals surface area contributed by atoms with Crippen LogP contribution in [0, 0.1) is 0 Å². The van der Waals surface area contributed by atoms with Gasteiger partial charge < -0.3 is 9.64 Å². The third kappa shape index (κ3) is 3.45. The minimum Gasteiger partial charge on any atom is -0.367 e. The fourth-order valence-corrected chi connectivity index (χ4v) is 3.56. The summed E-state index contributed by atoms with van der Waals surface area (Å²) in [6.07, 6.45) is 3.20. The lowest BCUT2D eigenvalue weighted by molar-refractivity contribution is -0.0229. The number of rotatable bonds is 2. The van der Waals surface area contributed by atoms with E-state index in [0.717, 1.165) is 10.7 Å². The second kappa shape index (κ2) is 6.05. The van der Waals surface area contributed by atoms with Crippen molar-refractivity contribution in [2.45, 2.75) is 32.3 Å². The molecule has 1 aliphatic heterocycles. The van der Waals surface area contributed by atoms with Gasteiger partial charge in [-0.15, -0.1) is 11.3 Å². The van der Waals surface area contributed by atoms with Crippen LogP contribution in [0.5, 0.6) is 0 Å². The molecule has 0 saturated carbocycles. The van der Waals surface area contributed by atoms with Gasteiger partial charge in [-0.1, -0.05) is 20.8 Å². The molecule has 1 aliphatic rings. The highest BCUT2D eigenvalue weighted by molar-refractivity contribution is 7.09. The van der Waals surface area contributed by atoms with Gasteiger partial charge in [-0.3, -0.25) is 9.48 Å². The van der Waals surface area contributed by atoms with Gasteiger partial charge in [0.2, 0.25) is 0 Å². The molecule has 124 valence electrons. The SMILES string of the molecule is Cn1cc(C(=O)N2CCO[C@@H](c3nc(C(C)(C)C)cs3)C2)cn1. The van der Waals surface area contributed by atoms with E-state index in [1.165, 1.54) is 0 Å². The van der Waals surface area contributed by atoms with Crippen molar-refractivity contribution in [2.24, 2.45) is 7.05 Å². The fourth-order valence-electron chi connectivity index (χ4n) is 2.48. The smallest absolute Gasteiger partial charge is 0.257 e. The maximum absolute atomic E-state index is 12.6. The first-order valence-electron chi connectivity index (χ1n) is 7.70. The van der Waals surface area contributed by atoms with Crippen LogP contribution in [0.2, 0.25) is 0 Å². The van der Waals surface area contributed by atoms with E-state index >= 15 is 0 Å². The van der Waals surface area contributed by atoms with Crippen LogP contribution in [0.25, 0.3) is 0 Å². The molecule has 0 radical (unpaired) electrons. The summed E-state index contributed by atoms with van der Waals surface area (Å²) < 4.78 is 7.49. The molecule has 6 nitrogen and oxygen atoms in total. The summed E-state index contributed by atoms with van der Waals surface area (Å²) in [5.41, 5.74) is 1.70. The normalized spacial score (nSPS) is 19.1. The summed E-state index contributed by atoms with van der Waals surface area (Å²) in [5.74, 6) is -0.000925. The number of ether oxygens (including phenoxy) is 1. The first kappa shape index (κ1) is 16.1. The number of aryl methyl sites for hydroxylation is 1. The Kier molecular flexibility index (Phi) is 4.25. The maximum Gasteiger partial charge on any atom is 0.257 e. The molecule has 1 saturated heterocycles. The Morgan fingerprint density at radius 1 is 1.43 bits per heavy atom.